The van der Waals surface area contributed by atoms with Gasteiger partial charge in [0.15, 0.2) is 0 Å². The van der Waals surface area contributed by atoms with E-state index in [1.807, 2.05) is 24.8 Å². The van der Waals surface area contributed by atoms with Gasteiger partial charge in [0.05, 0.1) is 12.6 Å². The standard InChI is InChI=1S/C18H28N4O3/c1-13-10-14(2)20-17(23)16(13)11-19-18(24)22-7-5-21(6-8-22)12-15-4-3-9-25-15/h10,15H,3-9,11-12H2,1-2H3,(H,19,24)(H,20,23). The van der Waals surface area contributed by atoms with Crippen LogP contribution in [0.15, 0.2) is 10.9 Å². The summed E-state index contributed by atoms with van der Waals surface area (Å²) in [5.41, 5.74) is 2.23. The van der Waals surface area contributed by atoms with Crippen molar-refractivity contribution in [1.29, 1.82) is 0 Å². The first kappa shape index (κ1) is 17.9. The van der Waals surface area contributed by atoms with E-state index < -0.39 is 0 Å². The number of H-pyrrole nitrogens is 1. The van der Waals surface area contributed by atoms with Gasteiger partial charge >= 0.3 is 6.03 Å². The van der Waals surface area contributed by atoms with Crippen LogP contribution in [0.2, 0.25) is 0 Å². The molecule has 0 saturated carbocycles. The van der Waals surface area contributed by atoms with Gasteiger partial charge < -0.3 is 19.9 Å². The van der Waals surface area contributed by atoms with Crippen LogP contribution < -0.4 is 10.9 Å². The van der Waals surface area contributed by atoms with Gasteiger partial charge in [-0.1, -0.05) is 0 Å². The second-order valence-electron chi connectivity index (χ2n) is 7.02. The largest absolute Gasteiger partial charge is 0.377 e. The number of nitrogens with one attached hydrogen (secondary N) is 2. The summed E-state index contributed by atoms with van der Waals surface area (Å²) < 4.78 is 5.68. The lowest BCUT2D eigenvalue weighted by Crippen LogP contribution is -2.53. The predicted molar refractivity (Wildman–Crippen MR) is 95.8 cm³/mol. The molecule has 0 aliphatic carbocycles. The molecule has 2 aliphatic heterocycles. The Morgan fingerprint density at radius 1 is 1.32 bits per heavy atom. The van der Waals surface area contributed by atoms with E-state index in [-0.39, 0.29) is 18.1 Å². The number of urea groups is 1. The fraction of sp³-hybridized carbons (Fsp3) is 0.667. The number of amides is 2. The lowest BCUT2D eigenvalue weighted by atomic mass is 10.1. The Balaban J connectivity index is 1.46. The summed E-state index contributed by atoms with van der Waals surface area (Å²) in [4.78, 5) is 31.4. The summed E-state index contributed by atoms with van der Waals surface area (Å²) in [7, 11) is 0. The molecular weight excluding hydrogens is 320 g/mol. The van der Waals surface area contributed by atoms with Crippen LogP contribution in [0.4, 0.5) is 4.79 Å². The number of hydrogen-bond acceptors (Lipinski definition) is 4. The SMILES string of the molecule is Cc1cc(C)c(CNC(=O)N2CCN(CC3CCCO3)CC2)c(=O)[nH]1. The summed E-state index contributed by atoms with van der Waals surface area (Å²) in [5, 5.41) is 2.88. The highest BCUT2D eigenvalue weighted by atomic mass is 16.5. The zero-order valence-corrected chi connectivity index (χ0v) is 15.1. The third-order valence-electron chi connectivity index (χ3n) is 5.06. The van der Waals surface area contributed by atoms with Gasteiger partial charge in [-0.15, -0.1) is 0 Å². The molecule has 2 aliphatic rings. The van der Waals surface area contributed by atoms with Gasteiger partial charge in [-0.25, -0.2) is 4.79 Å². The minimum Gasteiger partial charge on any atom is -0.377 e. The molecule has 1 atom stereocenters. The number of aryl methyl sites for hydroxylation is 2. The molecule has 2 fully saturated rings. The van der Waals surface area contributed by atoms with Gasteiger partial charge in [0.25, 0.3) is 5.56 Å². The van der Waals surface area contributed by atoms with Gasteiger partial charge in [-0.05, 0) is 38.3 Å². The van der Waals surface area contributed by atoms with Crippen LogP contribution in [0.3, 0.4) is 0 Å². The predicted octanol–water partition coefficient (Wildman–Crippen LogP) is 0.998. The van der Waals surface area contributed by atoms with Crippen LogP contribution in [0.25, 0.3) is 0 Å². The number of pyridine rings is 1. The molecule has 7 nitrogen and oxygen atoms in total. The van der Waals surface area contributed by atoms with E-state index in [0.717, 1.165) is 50.3 Å². The van der Waals surface area contributed by atoms with E-state index in [1.54, 1.807) is 0 Å². The van der Waals surface area contributed by atoms with Crippen molar-refractivity contribution in [2.45, 2.75) is 39.3 Å². The Morgan fingerprint density at radius 2 is 2.08 bits per heavy atom. The van der Waals surface area contributed by atoms with E-state index in [1.165, 1.54) is 0 Å². The minimum atomic E-state index is -0.126. The average Bonchev–Trinajstić information content (AvgIpc) is 3.07. The van der Waals surface area contributed by atoms with E-state index >= 15 is 0 Å². The Kier molecular flexibility index (Phi) is 5.75. The maximum atomic E-state index is 12.4. The molecule has 7 heteroatoms. The summed E-state index contributed by atoms with van der Waals surface area (Å²) in [6.45, 7) is 9.02. The molecule has 1 unspecified atom stereocenters. The Hall–Kier alpha value is -1.86. The second-order valence-corrected chi connectivity index (χ2v) is 7.02. The van der Waals surface area contributed by atoms with E-state index in [9.17, 15) is 9.59 Å². The Labute approximate surface area is 148 Å². The molecule has 1 aromatic heterocycles. The van der Waals surface area contributed by atoms with Crippen LogP contribution in [-0.2, 0) is 11.3 Å². The normalized spacial score (nSPS) is 21.5. The Bertz CT molecular complexity index is 659. The van der Waals surface area contributed by atoms with Crippen molar-refractivity contribution in [2.75, 3.05) is 39.3 Å². The molecule has 0 aromatic carbocycles. The topological polar surface area (TPSA) is 77.7 Å². The monoisotopic (exact) mass is 348 g/mol. The van der Waals surface area contributed by atoms with Gasteiger partial charge in [0.2, 0.25) is 0 Å². The smallest absolute Gasteiger partial charge is 0.317 e. The first-order valence-corrected chi connectivity index (χ1v) is 9.09. The zero-order chi connectivity index (χ0) is 17.8. The highest BCUT2D eigenvalue weighted by molar-refractivity contribution is 5.74. The van der Waals surface area contributed by atoms with Crippen molar-refractivity contribution < 1.29 is 9.53 Å². The molecule has 2 amide bonds. The molecule has 0 bridgehead atoms. The second kappa shape index (κ2) is 8.01. The van der Waals surface area contributed by atoms with Gasteiger partial charge in [0, 0.05) is 50.6 Å². The molecule has 3 heterocycles. The number of rotatable bonds is 4. The zero-order valence-electron chi connectivity index (χ0n) is 15.1. The minimum absolute atomic E-state index is 0.101. The van der Waals surface area contributed by atoms with Crippen LogP contribution in [-0.4, -0.2) is 66.2 Å². The molecule has 3 rings (SSSR count). The van der Waals surface area contributed by atoms with E-state index in [2.05, 4.69) is 15.2 Å². The van der Waals surface area contributed by atoms with Crippen LogP contribution in [0.1, 0.15) is 29.7 Å². The number of aromatic amines is 1. The fourth-order valence-corrected chi connectivity index (χ4v) is 3.59. The maximum absolute atomic E-state index is 12.4. The summed E-state index contributed by atoms with van der Waals surface area (Å²) in [6, 6.07) is 1.82. The van der Waals surface area contributed by atoms with Gasteiger partial charge in [-0.3, -0.25) is 9.69 Å². The van der Waals surface area contributed by atoms with Crippen LogP contribution >= 0.6 is 0 Å². The van der Waals surface area contributed by atoms with Crippen molar-refractivity contribution in [3.63, 3.8) is 0 Å². The number of carbonyl (C=O) groups excluding carboxylic acids is 1. The molecule has 138 valence electrons. The lowest BCUT2D eigenvalue weighted by molar-refractivity contribution is 0.0561. The maximum Gasteiger partial charge on any atom is 0.317 e. The van der Waals surface area contributed by atoms with Crippen molar-refractivity contribution in [2.24, 2.45) is 0 Å². The number of carbonyl (C=O) groups is 1. The summed E-state index contributed by atoms with van der Waals surface area (Å²) >= 11 is 0. The number of aromatic nitrogens is 1. The fourth-order valence-electron chi connectivity index (χ4n) is 3.59. The number of hydrogen-bond donors (Lipinski definition) is 2. The summed E-state index contributed by atoms with van der Waals surface area (Å²) in [5.74, 6) is 0. The van der Waals surface area contributed by atoms with Crippen LogP contribution in [0, 0.1) is 13.8 Å². The molecule has 2 saturated heterocycles. The highest BCUT2D eigenvalue weighted by Gasteiger charge is 2.24. The van der Waals surface area contributed by atoms with E-state index in [0.29, 0.717) is 24.8 Å². The van der Waals surface area contributed by atoms with Crippen molar-refractivity contribution in [3.05, 3.63) is 33.2 Å². The highest BCUT2D eigenvalue weighted by Crippen LogP contribution is 2.14. The molecule has 0 radical (unpaired) electrons. The van der Waals surface area contributed by atoms with E-state index in [4.69, 9.17) is 4.74 Å². The summed E-state index contributed by atoms with van der Waals surface area (Å²) in [6.07, 6.45) is 2.66. The molecule has 25 heavy (non-hydrogen) atoms. The third kappa shape index (κ3) is 4.61. The molecular formula is C18H28N4O3. The van der Waals surface area contributed by atoms with Gasteiger partial charge in [0.1, 0.15) is 0 Å². The average molecular weight is 348 g/mol. The van der Waals surface area contributed by atoms with Gasteiger partial charge in [-0.2, -0.15) is 0 Å². The first-order chi connectivity index (χ1) is 12.0. The first-order valence-electron chi connectivity index (χ1n) is 9.09. The lowest BCUT2D eigenvalue weighted by Gasteiger charge is -2.35. The number of piperazine rings is 1. The molecule has 2 N–H and O–H groups in total. The number of ether oxygens (including phenoxy) is 1. The Morgan fingerprint density at radius 3 is 2.72 bits per heavy atom. The quantitative estimate of drug-likeness (QED) is 0.851. The van der Waals surface area contributed by atoms with Crippen molar-refractivity contribution >= 4 is 6.03 Å². The number of nitrogens with zero attached hydrogens (tertiary/aromatic N) is 2. The van der Waals surface area contributed by atoms with Crippen LogP contribution in [0.5, 0.6) is 0 Å². The van der Waals surface area contributed by atoms with Crippen molar-refractivity contribution in [1.82, 2.24) is 20.1 Å². The third-order valence-corrected chi connectivity index (χ3v) is 5.06. The molecule has 0 spiro atoms. The molecule has 1 aromatic rings. The van der Waals surface area contributed by atoms with Crippen molar-refractivity contribution in [3.8, 4) is 0 Å².